The Hall–Kier alpha value is -8.03. The molecule has 0 bridgehead atoms. The Morgan fingerprint density at radius 1 is 0.386 bits per heavy atom. The molecule has 302 valence electrons. The van der Waals surface area contributed by atoms with E-state index >= 15 is 0 Å². The first-order chi connectivity index (χ1) is 27.4. The van der Waals surface area contributed by atoms with Crippen LogP contribution < -0.4 is 33.2 Å². The van der Waals surface area contributed by atoms with Crippen molar-refractivity contribution in [2.45, 2.75) is 0 Å². The monoisotopic (exact) mass is 798 g/mol. The third-order valence-electron chi connectivity index (χ3n) is 5.93. The van der Waals surface area contributed by atoms with Gasteiger partial charge < -0.3 is 61.6 Å². The number of ether oxygens (including phenoxy) is 13. The molecule has 20 heteroatoms. The molecule has 0 heterocycles. The fourth-order valence-electron chi connectivity index (χ4n) is 3.44. The molecule has 57 heavy (non-hydrogen) atoms. The quantitative estimate of drug-likeness (QED) is 0.0436. The highest BCUT2D eigenvalue weighted by atomic mass is 16.7. The van der Waals surface area contributed by atoms with Gasteiger partial charge in [0.25, 0.3) is 0 Å². The first-order valence-electron chi connectivity index (χ1n) is 15.5. The van der Waals surface area contributed by atoms with Crippen LogP contribution in [-0.4, -0.2) is 82.5 Å². The van der Waals surface area contributed by atoms with E-state index in [4.69, 9.17) is 61.6 Å². The van der Waals surface area contributed by atoms with Crippen LogP contribution in [0.3, 0.4) is 0 Å². The summed E-state index contributed by atoms with van der Waals surface area (Å²) in [4.78, 5) is 83.6. The third kappa shape index (κ3) is 15.9. The van der Waals surface area contributed by atoms with Gasteiger partial charge in [0.2, 0.25) is 52.3 Å². The zero-order chi connectivity index (χ0) is 42.2. The SMILES string of the molecule is C=CC(=O)OCOc1cc(OC(=O)c2cc(OCOC(=O)C=C)c(OCOC(=O)C=C)c(OCOC(=O)C=C)c2)cc(OCOC(=O)C=C)c1OCOC(=O)C=C. The number of carbonyl (C=O) groups is 7. The van der Waals surface area contributed by atoms with Crippen molar-refractivity contribution in [3.63, 3.8) is 0 Å². The minimum absolute atomic E-state index is 0.330. The lowest BCUT2D eigenvalue weighted by Gasteiger charge is -2.19. The van der Waals surface area contributed by atoms with Crippen LogP contribution >= 0.6 is 0 Å². The highest BCUT2D eigenvalue weighted by Crippen LogP contribution is 2.43. The van der Waals surface area contributed by atoms with Crippen LogP contribution in [0, 0.1) is 0 Å². The fourth-order valence-corrected chi connectivity index (χ4v) is 3.44. The lowest BCUT2D eigenvalue weighted by Crippen LogP contribution is -2.16. The van der Waals surface area contributed by atoms with E-state index in [0.29, 0.717) is 0 Å². The van der Waals surface area contributed by atoms with Gasteiger partial charge in [-0.25, -0.2) is 33.6 Å². The van der Waals surface area contributed by atoms with E-state index in [0.717, 1.165) is 60.7 Å². The Bertz CT molecular complexity index is 1780. The van der Waals surface area contributed by atoms with E-state index in [1.165, 1.54) is 0 Å². The summed E-state index contributed by atoms with van der Waals surface area (Å²) in [5.41, 5.74) is -0.359. The number of esters is 7. The average Bonchev–Trinajstić information content (AvgIpc) is 3.21. The molecule has 0 radical (unpaired) electrons. The molecule has 0 spiro atoms. The molecule has 0 atom stereocenters. The predicted molar refractivity (Wildman–Crippen MR) is 189 cm³/mol. The molecular formula is C37H34O20. The third-order valence-corrected chi connectivity index (χ3v) is 5.93. The zero-order valence-corrected chi connectivity index (χ0v) is 29.9. The number of benzene rings is 2. The largest absolute Gasteiger partial charge is 0.453 e. The van der Waals surface area contributed by atoms with Crippen LogP contribution in [-0.2, 0) is 57.2 Å². The van der Waals surface area contributed by atoms with Gasteiger partial charge in [0.15, 0.2) is 23.0 Å². The second kappa shape index (κ2) is 24.3. The van der Waals surface area contributed by atoms with Crippen LogP contribution in [0.2, 0.25) is 0 Å². The lowest BCUT2D eigenvalue weighted by molar-refractivity contribution is -0.146. The van der Waals surface area contributed by atoms with E-state index < -0.39 is 82.5 Å². The average molecular weight is 799 g/mol. The summed E-state index contributed by atoms with van der Waals surface area (Å²) in [6.07, 6.45) is 5.10. The van der Waals surface area contributed by atoms with Crippen molar-refractivity contribution in [1.82, 2.24) is 0 Å². The summed E-state index contributed by atoms with van der Waals surface area (Å²) in [6.45, 7) is 15.1. The smallest absolute Gasteiger partial charge is 0.343 e. The number of carbonyl (C=O) groups excluding carboxylic acids is 7. The second-order valence-electron chi connectivity index (χ2n) is 9.52. The van der Waals surface area contributed by atoms with Crippen molar-refractivity contribution in [2.24, 2.45) is 0 Å². The van der Waals surface area contributed by atoms with Gasteiger partial charge in [-0.05, 0) is 12.1 Å². The van der Waals surface area contributed by atoms with Gasteiger partial charge in [-0.1, -0.05) is 39.5 Å². The second-order valence-corrected chi connectivity index (χ2v) is 9.52. The lowest BCUT2D eigenvalue weighted by atomic mass is 10.2. The van der Waals surface area contributed by atoms with Crippen molar-refractivity contribution in [2.75, 3.05) is 40.8 Å². The van der Waals surface area contributed by atoms with Gasteiger partial charge in [-0.2, -0.15) is 0 Å². The molecule has 0 saturated carbocycles. The maximum absolute atomic E-state index is 13.7. The normalized spacial score (nSPS) is 9.68. The molecule has 0 aliphatic carbocycles. The van der Waals surface area contributed by atoms with Gasteiger partial charge in [-0.3, -0.25) is 0 Å². The minimum atomic E-state index is -1.16. The Balaban J connectivity index is 2.67. The first kappa shape index (κ1) is 45.1. The van der Waals surface area contributed by atoms with Gasteiger partial charge in [0.1, 0.15) is 5.75 Å². The van der Waals surface area contributed by atoms with Crippen molar-refractivity contribution >= 4 is 41.8 Å². The molecular weight excluding hydrogens is 764 g/mol. The molecule has 0 aliphatic rings. The number of hydrogen-bond donors (Lipinski definition) is 0. The zero-order valence-electron chi connectivity index (χ0n) is 29.9. The molecule has 0 N–H and O–H groups in total. The molecule has 0 aliphatic heterocycles. The van der Waals surface area contributed by atoms with Crippen LogP contribution in [0.5, 0.6) is 40.2 Å². The van der Waals surface area contributed by atoms with Gasteiger partial charge in [0.05, 0.1) is 5.56 Å². The molecule has 2 aromatic carbocycles. The number of hydrogen-bond acceptors (Lipinski definition) is 20. The summed E-state index contributed by atoms with van der Waals surface area (Å²) in [5, 5.41) is 0. The molecule has 0 fully saturated rings. The molecule has 2 aromatic rings. The topological polar surface area (TPSA) is 239 Å². The van der Waals surface area contributed by atoms with Crippen LogP contribution in [0.1, 0.15) is 10.4 Å². The highest BCUT2D eigenvalue weighted by Gasteiger charge is 2.24. The molecule has 0 amide bonds. The summed E-state index contributed by atoms with van der Waals surface area (Å²) >= 11 is 0. The summed E-state index contributed by atoms with van der Waals surface area (Å²) in [7, 11) is 0. The van der Waals surface area contributed by atoms with Crippen LogP contribution in [0.25, 0.3) is 0 Å². The van der Waals surface area contributed by atoms with Crippen molar-refractivity contribution < 1.29 is 95.1 Å². The summed E-state index contributed by atoms with van der Waals surface area (Å²) < 4.78 is 67.7. The fraction of sp³-hybridized carbons (Fsp3) is 0.162. The Kier molecular flexibility index (Phi) is 19.3. The standard InChI is InChI=1S/C37H34O20/c1-7-29(38)49-17-45-25-13-23(14-26(46-18-50-30(39)8-2)35(25)55-21-53-33(42)11-5)37(44)57-24-15-27(47-19-51-31(40)9-3)36(56-22-54-34(43)12-6)28(16-24)48-20-52-32(41)10-4/h7-16H,1-6,17-22H2. The molecule has 0 saturated heterocycles. The Labute approximate surface area is 323 Å². The van der Waals surface area contributed by atoms with Gasteiger partial charge in [-0.15, -0.1) is 0 Å². The summed E-state index contributed by atoms with van der Waals surface area (Å²) in [6, 6.07) is 4.22. The van der Waals surface area contributed by atoms with E-state index in [1.807, 2.05) is 0 Å². The maximum atomic E-state index is 13.7. The minimum Gasteiger partial charge on any atom is -0.453 e. The highest BCUT2D eigenvalue weighted by molar-refractivity contribution is 5.93. The van der Waals surface area contributed by atoms with Crippen molar-refractivity contribution in [3.05, 3.63) is 106 Å². The van der Waals surface area contributed by atoms with Crippen molar-refractivity contribution in [3.8, 4) is 40.2 Å². The van der Waals surface area contributed by atoms with Gasteiger partial charge in [0, 0.05) is 48.6 Å². The van der Waals surface area contributed by atoms with E-state index in [2.05, 4.69) is 39.5 Å². The van der Waals surface area contributed by atoms with Crippen molar-refractivity contribution in [1.29, 1.82) is 0 Å². The van der Waals surface area contributed by atoms with E-state index in [-0.39, 0.29) is 45.8 Å². The molecule has 0 aromatic heterocycles. The molecule has 0 unspecified atom stereocenters. The van der Waals surface area contributed by atoms with Gasteiger partial charge >= 0.3 is 41.8 Å². The molecule has 20 nitrogen and oxygen atoms in total. The predicted octanol–water partition coefficient (Wildman–Crippen LogP) is 3.30. The number of rotatable bonds is 26. The Morgan fingerprint density at radius 2 is 0.632 bits per heavy atom. The maximum Gasteiger partial charge on any atom is 0.343 e. The van der Waals surface area contributed by atoms with Crippen LogP contribution in [0.15, 0.2) is 100 Å². The van der Waals surface area contributed by atoms with E-state index in [1.54, 1.807) is 0 Å². The van der Waals surface area contributed by atoms with Crippen LogP contribution in [0.4, 0.5) is 0 Å². The summed E-state index contributed by atoms with van der Waals surface area (Å²) in [5.74, 6) is -8.88. The van der Waals surface area contributed by atoms with E-state index in [9.17, 15) is 33.6 Å². The first-order valence-corrected chi connectivity index (χ1v) is 15.5. The molecule has 2 rings (SSSR count). The Morgan fingerprint density at radius 3 is 0.895 bits per heavy atom.